The SMILES string of the molecule is Cc1cc(C(=O)N2CCC3(CC2)NC(=O)C[C@H]3c2ccncc2)c(C)o1. The molecular formula is C20H23N3O3. The maximum absolute atomic E-state index is 12.8. The number of carbonyl (C=O) groups is 2. The number of hydrogen-bond donors (Lipinski definition) is 1. The lowest BCUT2D eigenvalue weighted by atomic mass is 9.74. The van der Waals surface area contributed by atoms with Crippen molar-refractivity contribution in [1.82, 2.24) is 15.2 Å². The number of likely N-dealkylation sites (tertiary alicyclic amines) is 1. The number of nitrogens with zero attached hydrogens (tertiary/aromatic N) is 2. The molecule has 136 valence electrons. The molecule has 0 aliphatic carbocycles. The van der Waals surface area contributed by atoms with Gasteiger partial charge in [-0.25, -0.2) is 0 Å². The van der Waals surface area contributed by atoms with Crippen molar-refractivity contribution in [3.63, 3.8) is 0 Å². The summed E-state index contributed by atoms with van der Waals surface area (Å²) in [6.07, 6.45) is 5.56. The molecule has 4 rings (SSSR count). The smallest absolute Gasteiger partial charge is 0.257 e. The molecule has 6 nitrogen and oxygen atoms in total. The minimum atomic E-state index is -0.267. The Balaban J connectivity index is 1.52. The van der Waals surface area contributed by atoms with Gasteiger partial charge in [0.05, 0.1) is 11.1 Å². The number of piperidine rings is 1. The Bertz CT molecular complexity index is 835. The Morgan fingerprint density at radius 2 is 1.96 bits per heavy atom. The van der Waals surface area contributed by atoms with Crippen molar-refractivity contribution in [2.45, 2.75) is 44.6 Å². The Hall–Kier alpha value is -2.63. The lowest BCUT2D eigenvalue weighted by molar-refractivity contribution is -0.120. The fraction of sp³-hybridized carbons (Fsp3) is 0.450. The predicted octanol–water partition coefficient (Wildman–Crippen LogP) is 2.57. The zero-order valence-corrected chi connectivity index (χ0v) is 15.1. The molecule has 0 aromatic carbocycles. The number of amides is 2. The average Bonchev–Trinajstić information content (AvgIpc) is 3.14. The molecule has 2 aliphatic rings. The van der Waals surface area contributed by atoms with Crippen LogP contribution in [0.15, 0.2) is 35.0 Å². The average molecular weight is 353 g/mol. The number of hydrogen-bond acceptors (Lipinski definition) is 4. The summed E-state index contributed by atoms with van der Waals surface area (Å²) in [6.45, 7) is 4.93. The third-order valence-corrected chi connectivity index (χ3v) is 5.77. The Labute approximate surface area is 152 Å². The van der Waals surface area contributed by atoms with Crippen LogP contribution in [-0.4, -0.2) is 40.3 Å². The van der Waals surface area contributed by atoms with Gasteiger partial charge in [0, 0.05) is 37.8 Å². The summed E-state index contributed by atoms with van der Waals surface area (Å²) in [5, 5.41) is 3.22. The quantitative estimate of drug-likeness (QED) is 0.900. The van der Waals surface area contributed by atoms with E-state index in [1.54, 1.807) is 18.5 Å². The molecule has 1 atom stereocenters. The van der Waals surface area contributed by atoms with Crippen molar-refractivity contribution in [3.8, 4) is 0 Å². The van der Waals surface area contributed by atoms with Crippen LogP contribution in [0.5, 0.6) is 0 Å². The van der Waals surface area contributed by atoms with Crippen molar-refractivity contribution in [1.29, 1.82) is 0 Å². The Morgan fingerprint density at radius 1 is 1.27 bits per heavy atom. The summed E-state index contributed by atoms with van der Waals surface area (Å²) >= 11 is 0. The zero-order chi connectivity index (χ0) is 18.3. The van der Waals surface area contributed by atoms with Gasteiger partial charge in [-0.15, -0.1) is 0 Å². The summed E-state index contributed by atoms with van der Waals surface area (Å²) in [4.78, 5) is 30.9. The van der Waals surface area contributed by atoms with Crippen LogP contribution in [0.3, 0.4) is 0 Å². The molecule has 2 saturated heterocycles. The highest BCUT2D eigenvalue weighted by atomic mass is 16.3. The molecule has 2 fully saturated rings. The normalized spacial score (nSPS) is 21.8. The van der Waals surface area contributed by atoms with Gasteiger partial charge < -0.3 is 14.6 Å². The highest BCUT2D eigenvalue weighted by Gasteiger charge is 2.49. The highest BCUT2D eigenvalue weighted by Crippen LogP contribution is 2.43. The molecule has 26 heavy (non-hydrogen) atoms. The number of furan rings is 1. The summed E-state index contributed by atoms with van der Waals surface area (Å²) in [6, 6.07) is 5.78. The van der Waals surface area contributed by atoms with E-state index in [9.17, 15) is 9.59 Å². The molecule has 2 aromatic heterocycles. The van der Waals surface area contributed by atoms with E-state index in [0.29, 0.717) is 30.8 Å². The molecule has 0 saturated carbocycles. The van der Waals surface area contributed by atoms with Crippen LogP contribution < -0.4 is 5.32 Å². The first-order chi connectivity index (χ1) is 12.5. The standard InChI is InChI=1S/C20H23N3O3/c1-13-11-16(14(2)26-13)19(25)23-9-5-20(6-10-23)17(12-18(24)22-20)15-3-7-21-8-4-15/h3-4,7-8,11,17H,5-6,9-10,12H2,1-2H3,(H,22,24)/t17-/m0/s1. The van der Waals surface area contributed by atoms with Crippen molar-refractivity contribution in [2.75, 3.05) is 13.1 Å². The number of pyridine rings is 1. The van der Waals surface area contributed by atoms with Gasteiger partial charge in [0.15, 0.2) is 0 Å². The monoisotopic (exact) mass is 353 g/mol. The third kappa shape index (κ3) is 2.79. The molecule has 2 aromatic rings. The van der Waals surface area contributed by atoms with Gasteiger partial charge in [-0.2, -0.15) is 0 Å². The summed E-state index contributed by atoms with van der Waals surface area (Å²) in [5.74, 6) is 1.65. The minimum Gasteiger partial charge on any atom is -0.466 e. The number of aromatic nitrogens is 1. The van der Waals surface area contributed by atoms with Crippen LogP contribution in [0.2, 0.25) is 0 Å². The number of rotatable bonds is 2. The summed E-state index contributed by atoms with van der Waals surface area (Å²) < 4.78 is 5.50. The van der Waals surface area contributed by atoms with Gasteiger partial charge in [-0.1, -0.05) is 0 Å². The predicted molar refractivity (Wildman–Crippen MR) is 95.8 cm³/mol. The lowest BCUT2D eigenvalue weighted by Gasteiger charge is -2.43. The molecule has 0 unspecified atom stereocenters. The van der Waals surface area contributed by atoms with Crippen LogP contribution in [0.4, 0.5) is 0 Å². The van der Waals surface area contributed by atoms with Crippen molar-refractivity contribution in [2.24, 2.45) is 0 Å². The van der Waals surface area contributed by atoms with Gasteiger partial charge >= 0.3 is 0 Å². The van der Waals surface area contributed by atoms with E-state index < -0.39 is 0 Å². The zero-order valence-electron chi connectivity index (χ0n) is 15.1. The van der Waals surface area contributed by atoms with E-state index in [2.05, 4.69) is 10.3 Å². The van der Waals surface area contributed by atoms with Gasteiger partial charge in [0.1, 0.15) is 11.5 Å². The van der Waals surface area contributed by atoms with E-state index in [1.165, 1.54) is 0 Å². The van der Waals surface area contributed by atoms with E-state index in [1.807, 2.05) is 30.9 Å². The van der Waals surface area contributed by atoms with E-state index >= 15 is 0 Å². The second-order valence-electron chi connectivity index (χ2n) is 7.36. The number of nitrogens with one attached hydrogen (secondary N) is 1. The van der Waals surface area contributed by atoms with E-state index in [4.69, 9.17) is 4.42 Å². The van der Waals surface area contributed by atoms with Gasteiger partial charge in [-0.3, -0.25) is 14.6 Å². The van der Waals surface area contributed by atoms with Gasteiger partial charge in [0.2, 0.25) is 5.91 Å². The van der Waals surface area contributed by atoms with E-state index in [-0.39, 0.29) is 23.3 Å². The first-order valence-electron chi connectivity index (χ1n) is 9.06. The Kier molecular flexibility index (Phi) is 4.05. The summed E-state index contributed by atoms with van der Waals surface area (Å²) in [5.41, 5.74) is 1.51. The Morgan fingerprint density at radius 3 is 2.58 bits per heavy atom. The third-order valence-electron chi connectivity index (χ3n) is 5.77. The first kappa shape index (κ1) is 16.8. The first-order valence-corrected chi connectivity index (χ1v) is 9.06. The minimum absolute atomic E-state index is 0.0129. The molecular weight excluding hydrogens is 330 g/mol. The molecule has 4 heterocycles. The van der Waals surface area contributed by atoms with Crippen LogP contribution in [-0.2, 0) is 4.79 Å². The second kappa shape index (κ2) is 6.27. The second-order valence-corrected chi connectivity index (χ2v) is 7.36. The maximum Gasteiger partial charge on any atom is 0.257 e. The fourth-order valence-corrected chi connectivity index (χ4v) is 4.42. The number of aryl methyl sites for hydroxylation is 2. The molecule has 2 aliphatic heterocycles. The summed E-state index contributed by atoms with van der Waals surface area (Å²) in [7, 11) is 0. The fourth-order valence-electron chi connectivity index (χ4n) is 4.42. The molecule has 1 spiro atoms. The molecule has 6 heteroatoms. The van der Waals surface area contributed by atoms with Crippen LogP contribution in [0.25, 0.3) is 0 Å². The molecule has 1 N–H and O–H groups in total. The maximum atomic E-state index is 12.8. The van der Waals surface area contributed by atoms with Crippen LogP contribution in [0.1, 0.15) is 52.6 Å². The largest absolute Gasteiger partial charge is 0.466 e. The van der Waals surface area contributed by atoms with E-state index in [0.717, 1.165) is 24.2 Å². The number of carbonyl (C=O) groups excluding carboxylic acids is 2. The molecule has 0 bridgehead atoms. The highest BCUT2D eigenvalue weighted by molar-refractivity contribution is 5.95. The van der Waals surface area contributed by atoms with Crippen molar-refractivity contribution in [3.05, 3.63) is 53.2 Å². The van der Waals surface area contributed by atoms with Crippen molar-refractivity contribution < 1.29 is 14.0 Å². The van der Waals surface area contributed by atoms with Gasteiger partial charge in [-0.05, 0) is 50.5 Å². The molecule has 2 amide bonds. The van der Waals surface area contributed by atoms with Crippen LogP contribution >= 0.6 is 0 Å². The van der Waals surface area contributed by atoms with Crippen molar-refractivity contribution >= 4 is 11.8 Å². The molecule has 0 radical (unpaired) electrons. The van der Waals surface area contributed by atoms with Gasteiger partial charge in [0.25, 0.3) is 5.91 Å². The van der Waals surface area contributed by atoms with Crippen LogP contribution in [0, 0.1) is 13.8 Å². The lowest BCUT2D eigenvalue weighted by Crippen LogP contribution is -2.54. The topological polar surface area (TPSA) is 75.4 Å².